The Morgan fingerprint density at radius 2 is 1.62 bits per heavy atom. The third kappa shape index (κ3) is 4.53. The minimum absolute atomic E-state index is 0.123. The van der Waals surface area contributed by atoms with Crippen molar-refractivity contribution in [2.24, 2.45) is 5.14 Å². The standard InChI is InChI=1S/C21H20F3N3O4S/c1-3-16(20(28)29)27-19(21(22,23)24)17(13-6-4-12(2)5-7-13)18(26-27)14-8-10-15(11-9-14)32(25,30)31/h4-11,16H,3H2,1-2H3,(H,28,29)(H2,25,30,31). The lowest BCUT2D eigenvalue weighted by molar-refractivity contribution is -0.149. The predicted molar refractivity (Wildman–Crippen MR) is 111 cm³/mol. The number of nitrogens with two attached hydrogens (primary N) is 1. The first-order chi connectivity index (χ1) is 14.8. The summed E-state index contributed by atoms with van der Waals surface area (Å²) in [5, 5.41) is 18.7. The second-order valence-corrected chi connectivity index (χ2v) is 8.77. The largest absolute Gasteiger partial charge is 0.480 e. The van der Waals surface area contributed by atoms with Gasteiger partial charge in [0.05, 0.1) is 4.90 Å². The number of aromatic nitrogens is 2. The number of benzene rings is 2. The molecule has 1 aromatic heterocycles. The lowest BCUT2D eigenvalue weighted by Gasteiger charge is -2.17. The van der Waals surface area contributed by atoms with Crippen molar-refractivity contribution in [1.82, 2.24) is 9.78 Å². The van der Waals surface area contributed by atoms with Crippen molar-refractivity contribution in [3.05, 3.63) is 59.8 Å². The molecule has 7 nitrogen and oxygen atoms in total. The number of aliphatic carboxylic acids is 1. The molecule has 0 saturated heterocycles. The number of nitrogens with zero attached hydrogens (tertiary/aromatic N) is 2. The van der Waals surface area contributed by atoms with Crippen LogP contribution < -0.4 is 5.14 Å². The van der Waals surface area contributed by atoms with Gasteiger partial charge in [0.1, 0.15) is 11.7 Å². The fourth-order valence-corrected chi connectivity index (χ4v) is 3.90. The van der Waals surface area contributed by atoms with Crippen molar-refractivity contribution >= 4 is 16.0 Å². The molecule has 0 aliphatic heterocycles. The highest BCUT2D eigenvalue weighted by molar-refractivity contribution is 7.89. The molecule has 0 aliphatic carbocycles. The van der Waals surface area contributed by atoms with E-state index >= 15 is 0 Å². The van der Waals surface area contributed by atoms with Gasteiger partial charge in [0.2, 0.25) is 10.0 Å². The fraction of sp³-hybridized carbons (Fsp3) is 0.238. The van der Waals surface area contributed by atoms with Crippen LogP contribution in [-0.2, 0) is 21.0 Å². The summed E-state index contributed by atoms with van der Waals surface area (Å²) in [6, 6.07) is 9.59. The SMILES string of the molecule is CCC(C(=O)O)n1nc(-c2ccc(S(N)(=O)=O)cc2)c(-c2ccc(C)cc2)c1C(F)(F)F. The number of halogens is 3. The molecule has 170 valence electrons. The van der Waals surface area contributed by atoms with Gasteiger partial charge in [0.15, 0.2) is 5.69 Å². The smallest absolute Gasteiger partial charge is 0.433 e. The molecule has 1 unspecified atom stereocenters. The van der Waals surface area contributed by atoms with E-state index in [2.05, 4.69) is 5.10 Å². The average molecular weight is 467 g/mol. The number of hydrogen-bond donors (Lipinski definition) is 2. The molecule has 0 spiro atoms. The summed E-state index contributed by atoms with van der Waals surface area (Å²) in [5.41, 5.74) is -0.410. The van der Waals surface area contributed by atoms with Crippen LogP contribution in [0.5, 0.6) is 0 Å². The van der Waals surface area contributed by atoms with Crippen LogP contribution in [-0.4, -0.2) is 29.3 Å². The summed E-state index contributed by atoms with van der Waals surface area (Å²) in [6.45, 7) is 3.23. The number of rotatable bonds is 6. The topological polar surface area (TPSA) is 115 Å². The van der Waals surface area contributed by atoms with Gasteiger partial charge in [-0.15, -0.1) is 0 Å². The van der Waals surface area contributed by atoms with Crippen molar-refractivity contribution in [1.29, 1.82) is 0 Å². The molecule has 2 aromatic carbocycles. The van der Waals surface area contributed by atoms with Crippen LogP contribution in [0.25, 0.3) is 22.4 Å². The van der Waals surface area contributed by atoms with Gasteiger partial charge in [-0.2, -0.15) is 18.3 Å². The number of sulfonamides is 1. The highest BCUT2D eigenvalue weighted by atomic mass is 32.2. The lowest BCUT2D eigenvalue weighted by Crippen LogP contribution is -2.25. The quantitative estimate of drug-likeness (QED) is 0.563. The van der Waals surface area contributed by atoms with Gasteiger partial charge in [-0.1, -0.05) is 48.9 Å². The van der Waals surface area contributed by atoms with E-state index in [1.54, 1.807) is 19.1 Å². The second-order valence-electron chi connectivity index (χ2n) is 7.21. The Hall–Kier alpha value is -3.18. The summed E-state index contributed by atoms with van der Waals surface area (Å²) in [5.74, 6) is -1.45. The van der Waals surface area contributed by atoms with Crippen LogP contribution in [0.3, 0.4) is 0 Å². The molecule has 32 heavy (non-hydrogen) atoms. The third-order valence-electron chi connectivity index (χ3n) is 4.94. The van der Waals surface area contributed by atoms with Crippen LogP contribution in [0.2, 0.25) is 0 Å². The maximum atomic E-state index is 14.2. The van der Waals surface area contributed by atoms with Crippen LogP contribution in [0.1, 0.15) is 30.6 Å². The van der Waals surface area contributed by atoms with Crippen LogP contribution in [0.4, 0.5) is 13.2 Å². The number of carboxylic acids is 1. The van der Waals surface area contributed by atoms with Crippen molar-refractivity contribution < 1.29 is 31.5 Å². The summed E-state index contributed by atoms with van der Waals surface area (Å²) < 4.78 is 66.3. The maximum absolute atomic E-state index is 14.2. The lowest BCUT2D eigenvalue weighted by atomic mass is 9.97. The van der Waals surface area contributed by atoms with Gasteiger partial charge in [0, 0.05) is 11.1 Å². The van der Waals surface area contributed by atoms with Gasteiger partial charge >= 0.3 is 12.1 Å². The van der Waals surface area contributed by atoms with Gasteiger partial charge in [0.25, 0.3) is 0 Å². The first-order valence-corrected chi connectivity index (χ1v) is 11.0. The van der Waals surface area contributed by atoms with E-state index in [4.69, 9.17) is 5.14 Å². The molecule has 0 radical (unpaired) electrons. The van der Waals surface area contributed by atoms with Crippen molar-refractivity contribution in [3.8, 4) is 22.4 Å². The predicted octanol–water partition coefficient (Wildman–Crippen LogP) is 4.23. The Morgan fingerprint density at radius 3 is 2.06 bits per heavy atom. The van der Waals surface area contributed by atoms with E-state index < -0.39 is 33.9 Å². The van der Waals surface area contributed by atoms with E-state index in [1.165, 1.54) is 31.2 Å². The van der Waals surface area contributed by atoms with Crippen LogP contribution >= 0.6 is 0 Å². The zero-order chi connectivity index (χ0) is 23.8. The summed E-state index contributed by atoms with van der Waals surface area (Å²) in [7, 11) is -4.01. The zero-order valence-corrected chi connectivity index (χ0v) is 17.9. The molecular weight excluding hydrogens is 447 g/mol. The monoisotopic (exact) mass is 467 g/mol. The summed E-state index contributed by atoms with van der Waals surface area (Å²) >= 11 is 0. The first kappa shape index (κ1) is 23.5. The van der Waals surface area contributed by atoms with E-state index in [-0.39, 0.29) is 33.7 Å². The number of primary sulfonamides is 1. The molecule has 1 heterocycles. The van der Waals surface area contributed by atoms with Gasteiger partial charge < -0.3 is 5.11 Å². The number of hydrogen-bond acceptors (Lipinski definition) is 4. The minimum Gasteiger partial charge on any atom is -0.480 e. The van der Waals surface area contributed by atoms with Gasteiger partial charge in [-0.05, 0) is 31.0 Å². The third-order valence-corrected chi connectivity index (χ3v) is 5.87. The Morgan fingerprint density at radius 1 is 1.09 bits per heavy atom. The Kier molecular flexibility index (Phi) is 6.16. The second kappa shape index (κ2) is 8.40. The normalized spacial score (nSPS) is 13.2. The van der Waals surface area contributed by atoms with Crippen LogP contribution in [0, 0.1) is 6.92 Å². The molecule has 3 rings (SSSR count). The molecule has 0 bridgehead atoms. The maximum Gasteiger partial charge on any atom is 0.433 e. The molecule has 0 fully saturated rings. The fourth-order valence-electron chi connectivity index (χ4n) is 3.38. The number of aryl methyl sites for hydroxylation is 1. The van der Waals surface area contributed by atoms with Crippen molar-refractivity contribution in [3.63, 3.8) is 0 Å². The zero-order valence-electron chi connectivity index (χ0n) is 17.1. The molecule has 11 heteroatoms. The van der Waals surface area contributed by atoms with Crippen LogP contribution in [0.15, 0.2) is 53.4 Å². The summed E-state index contributed by atoms with van der Waals surface area (Å²) in [4.78, 5) is 11.5. The molecular formula is C21H20F3N3O4S. The van der Waals surface area contributed by atoms with E-state index in [0.29, 0.717) is 4.68 Å². The molecule has 0 amide bonds. The van der Waals surface area contributed by atoms with Crippen molar-refractivity contribution in [2.75, 3.05) is 0 Å². The minimum atomic E-state index is -4.91. The highest BCUT2D eigenvalue weighted by Gasteiger charge is 2.43. The average Bonchev–Trinajstić information content (AvgIpc) is 3.09. The molecule has 0 saturated carbocycles. The molecule has 1 atom stereocenters. The number of carboxylic acid groups (broad SMARTS) is 1. The highest BCUT2D eigenvalue weighted by Crippen LogP contribution is 2.44. The Labute approximate surface area is 182 Å². The Bertz CT molecular complexity index is 1250. The number of carbonyl (C=O) groups is 1. The van der Waals surface area contributed by atoms with E-state index in [9.17, 15) is 31.5 Å². The van der Waals surface area contributed by atoms with Gasteiger partial charge in [-0.3, -0.25) is 0 Å². The van der Waals surface area contributed by atoms with E-state index in [0.717, 1.165) is 17.7 Å². The number of alkyl halides is 3. The molecule has 0 aliphatic rings. The Balaban J connectivity index is 2.38. The van der Waals surface area contributed by atoms with E-state index in [1.807, 2.05) is 0 Å². The molecule has 3 N–H and O–H groups in total. The van der Waals surface area contributed by atoms with Gasteiger partial charge in [-0.25, -0.2) is 23.0 Å². The molecule has 3 aromatic rings. The van der Waals surface area contributed by atoms with Crippen molar-refractivity contribution in [2.45, 2.75) is 37.4 Å². The summed E-state index contributed by atoms with van der Waals surface area (Å²) in [6.07, 6.45) is -5.04. The first-order valence-electron chi connectivity index (χ1n) is 9.47.